The lowest BCUT2D eigenvalue weighted by Gasteiger charge is -2.35. The van der Waals surface area contributed by atoms with Crippen LogP contribution in [0.15, 0.2) is 71.5 Å². The Kier molecular flexibility index (Phi) is 4.86. The fraction of sp³-hybridized carbons (Fsp3) is 0.238. The number of amides is 1. The summed E-state index contributed by atoms with van der Waals surface area (Å²) in [7, 11) is 0. The third-order valence-electron chi connectivity index (χ3n) is 4.88. The predicted octanol–water partition coefficient (Wildman–Crippen LogP) is 3.77. The standard InChI is InChI=1S/C21H21ClN4O/c1-16-20(21(27)26(23-16)19-9-7-17(22)8-10-19)15-24-11-13-25(14-12-24)18-5-3-2-4-6-18/h2-10,15H,11-14H2,1H3/b20-15-. The maximum absolute atomic E-state index is 12.8. The minimum atomic E-state index is -0.0969. The fourth-order valence-corrected chi connectivity index (χ4v) is 3.48. The monoisotopic (exact) mass is 380 g/mol. The minimum absolute atomic E-state index is 0.0969. The summed E-state index contributed by atoms with van der Waals surface area (Å²) >= 11 is 5.94. The molecule has 1 saturated heterocycles. The summed E-state index contributed by atoms with van der Waals surface area (Å²) in [5.41, 5.74) is 3.35. The molecule has 2 aliphatic rings. The van der Waals surface area contributed by atoms with Crippen molar-refractivity contribution < 1.29 is 4.79 Å². The number of hydrogen-bond donors (Lipinski definition) is 0. The first-order valence-electron chi connectivity index (χ1n) is 9.03. The van der Waals surface area contributed by atoms with Gasteiger partial charge in [-0.2, -0.15) is 10.1 Å². The maximum atomic E-state index is 12.8. The smallest absolute Gasteiger partial charge is 0.282 e. The van der Waals surface area contributed by atoms with Gasteiger partial charge >= 0.3 is 0 Å². The number of para-hydroxylation sites is 1. The van der Waals surface area contributed by atoms with Gasteiger partial charge in [0.2, 0.25) is 0 Å². The maximum Gasteiger partial charge on any atom is 0.282 e. The van der Waals surface area contributed by atoms with E-state index in [9.17, 15) is 4.79 Å². The number of carbonyl (C=O) groups is 1. The summed E-state index contributed by atoms with van der Waals surface area (Å²) in [5.74, 6) is -0.0969. The molecule has 0 N–H and O–H groups in total. The lowest BCUT2D eigenvalue weighted by atomic mass is 10.1. The van der Waals surface area contributed by atoms with Gasteiger partial charge < -0.3 is 9.80 Å². The van der Waals surface area contributed by atoms with E-state index in [0.29, 0.717) is 10.6 Å². The number of benzene rings is 2. The van der Waals surface area contributed by atoms with Crippen molar-refractivity contribution >= 4 is 34.6 Å². The van der Waals surface area contributed by atoms with E-state index in [1.54, 1.807) is 24.3 Å². The molecule has 5 nitrogen and oxygen atoms in total. The molecule has 0 atom stereocenters. The van der Waals surface area contributed by atoms with Gasteiger partial charge in [0, 0.05) is 43.1 Å². The number of hydrogen-bond acceptors (Lipinski definition) is 4. The normalized spacial score (nSPS) is 19.0. The van der Waals surface area contributed by atoms with Crippen molar-refractivity contribution in [2.75, 3.05) is 36.1 Å². The molecule has 2 aliphatic heterocycles. The van der Waals surface area contributed by atoms with Crippen molar-refractivity contribution in [2.45, 2.75) is 6.92 Å². The van der Waals surface area contributed by atoms with Gasteiger partial charge in [0.15, 0.2) is 0 Å². The van der Waals surface area contributed by atoms with Crippen molar-refractivity contribution in [3.63, 3.8) is 0 Å². The number of anilines is 2. The van der Waals surface area contributed by atoms with Gasteiger partial charge in [0.1, 0.15) is 0 Å². The quantitative estimate of drug-likeness (QED) is 0.761. The molecule has 2 aromatic rings. The van der Waals surface area contributed by atoms with Gasteiger partial charge in [-0.15, -0.1) is 0 Å². The zero-order valence-electron chi connectivity index (χ0n) is 15.2. The number of halogens is 1. The first kappa shape index (κ1) is 17.6. The van der Waals surface area contributed by atoms with Crippen LogP contribution >= 0.6 is 11.6 Å². The van der Waals surface area contributed by atoms with E-state index >= 15 is 0 Å². The Labute approximate surface area is 164 Å². The molecule has 138 valence electrons. The van der Waals surface area contributed by atoms with Crippen molar-refractivity contribution in [3.05, 3.63) is 71.4 Å². The predicted molar refractivity (Wildman–Crippen MR) is 110 cm³/mol. The average Bonchev–Trinajstić information content (AvgIpc) is 2.98. The van der Waals surface area contributed by atoms with E-state index in [2.05, 4.69) is 39.2 Å². The molecule has 0 unspecified atom stereocenters. The van der Waals surface area contributed by atoms with E-state index in [0.717, 1.165) is 37.6 Å². The average molecular weight is 381 g/mol. The Balaban J connectivity index is 1.45. The zero-order chi connectivity index (χ0) is 18.8. The topological polar surface area (TPSA) is 39.2 Å². The van der Waals surface area contributed by atoms with Gasteiger partial charge in [0.05, 0.1) is 17.0 Å². The molecule has 0 saturated carbocycles. The summed E-state index contributed by atoms with van der Waals surface area (Å²) in [6.07, 6.45) is 1.96. The summed E-state index contributed by atoms with van der Waals surface area (Å²) in [5, 5.41) is 6.51. The zero-order valence-corrected chi connectivity index (χ0v) is 15.9. The van der Waals surface area contributed by atoms with Crippen LogP contribution in [0, 0.1) is 0 Å². The Morgan fingerprint density at radius 1 is 0.926 bits per heavy atom. The number of hydrazone groups is 1. The van der Waals surface area contributed by atoms with Crippen LogP contribution in [0.5, 0.6) is 0 Å². The largest absolute Gasteiger partial charge is 0.373 e. The summed E-state index contributed by atoms with van der Waals surface area (Å²) < 4.78 is 0. The minimum Gasteiger partial charge on any atom is -0.373 e. The van der Waals surface area contributed by atoms with Crippen LogP contribution in [0.4, 0.5) is 11.4 Å². The van der Waals surface area contributed by atoms with Crippen LogP contribution in [0.3, 0.4) is 0 Å². The molecule has 2 aromatic carbocycles. The van der Waals surface area contributed by atoms with E-state index in [-0.39, 0.29) is 5.91 Å². The summed E-state index contributed by atoms with van der Waals surface area (Å²) in [6.45, 7) is 5.48. The first-order chi connectivity index (χ1) is 13.1. The van der Waals surface area contributed by atoms with Gasteiger partial charge in [-0.1, -0.05) is 29.8 Å². The molecule has 1 amide bonds. The Morgan fingerprint density at radius 3 is 2.26 bits per heavy atom. The van der Waals surface area contributed by atoms with Gasteiger partial charge in [0.25, 0.3) is 5.91 Å². The Hall–Kier alpha value is -2.79. The second kappa shape index (κ2) is 7.45. The summed E-state index contributed by atoms with van der Waals surface area (Å²) in [6, 6.07) is 17.6. The molecular formula is C21H21ClN4O. The lowest BCUT2D eigenvalue weighted by molar-refractivity contribution is -0.114. The van der Waals surface area contributed by atoms with E-state index in [1.165, 1.54) is 10.7 Å². The van der Waals surface area contributed by atoms with Crippen molar-refractivity contribution in [2.24, 2.45) is 5.10 Å². The molecule has 0 bridgehead atoms. The van der Waals surface area contributed by atoms with E-state index in [1.807, 2.05) is 19.2 Å². The van der Waals surface area contributed by atoms with Crippen LogP contribution < -0.4 is 9.91 Å². The molecular weight excluding hydrogens is 360 g/mol. The summed E-state index contributed by atoms with van der Waals surface area (Å²) in [4.78, 5) is 17.4. The van der Waals surface area contributed by atoms with Crippen LogP contribution in [0.25, 0.3) is 0 Å². The second-order valence-corrected chi connectivity index (χ2v) is 7.12. The highest BCUT2D eigenvalue weighted by Gasteiger charge is 2.29. The van der Waals surface area contributed by atoms with Crippen molar-refractivity contribution in [1.82, 2.24) is 4.90 Å². The molecule has 0 spiro atoms. The van der Waals surface area contributed by atoms with Crippen molar-refractivity contribution in [1.29, 1.82) is 0 Å². The van der Waals surface area contributed by atoms with Crippen LogP contribution in [0.1, 0.15) is 6.92 Å². The van der Waals surface area contributed by atoms with Gasteiger partial charge in [-0.25, -0.2) is 0 Å². The van der Waals surface area contributed by atoms with Gasteiger partial charge in [-0.3, -0.25) is 4.79 Å². The highest BCUT2D eigenvalue weighted by Crippen LogP contribution is 2.25. The molecule has 6 heteroatoms. The van der Waals surface area contributed by atoms with Crippen molar-refractivity contribution in [3.8, 4) is 0 Å². The first-order valence-corrected chi connectivity index (χ1v) is 9.41. The lowest BCUT2D eigenvalue weighted by Crippen LogP contribution is -2.44. The highest BCUT2D eigenvalue weighted by molar-refractivity contribution is 6.31. The molecule has 0 aliphatic carbocycles. The molecule has 4 rings (SSSR count). The third-order valence-corrected chi connectivity index (χ3v) is 5.13. The van der Waals surface area contributed by atoms with Gasteiger partial charge in [-0.05, 0) is 43.3 Å². The Bertz CT molecular complexity index is 884. The second-order valence-electron chi connectivity index (χ2n) is 6.68. The highest BCUT2D eigenvalue weighted by atomic mass is 35.5. The van der Waals surface area contributed by atoms with Crippen LogP contribution in [0.2, 0.25) is 5.02 Å². The fourth-order valence-electron chi connectivity index (χ4n) is 3.35. The number of rotatable bonds is 3. The molecule has 0 aromatic heterocycles. The van der Waals surface area contributed by atoms with E-state index in [4.69, 9.17) is 11.6 Å². The number of carbonyl (C=O) groups excluding carboxylic acids is 1. The number of nitrogens with zero attached hydrogens (tertiary/aromatic N) is 4. The van der Waals surface area contributed by atoms with Crippen LogP contribution in [-0.4, -0.2) is 42.7 Å². The number of piperazine rings is 1. The van der Waals surface area contributed by atoms with E-state index < -0.39 is 0 Å². The SMILES string of the molecule is CC1=NN(c2ccc(Cl)cc2)C(=O)/C1=C\N1CCN(c2ccccc2)CC1. The Morgan fingerprint density at radius 2 is 1.59 bits per heavy atom. The van der Waals surface area contributed by atoms with Crippen LogP contribution in [-0.2, 0) is 4.79 Å². The molecule has 0 radical (unpaired) electrons. The molecule has 1 fully saturated rings. The molecule has 27 heavy (non-hydrogen) atoms. The molecule has 2 heterocycles. The third kappa shape index (κ3) is 3.69.